The van der Waals surface area contributed by atoms with Crippen molar-refractivity contribution in [1.82, 2.24) is 24.8 Å². The molecule has 5 heterocycles. The Bertz CT molecular complexity index is 1280. The highest BCUT2D eigenvalue weighted by molar-refractivity contribution is 5.97. The summed E-state index contributed by atoms with van der Waals surface area (Å²) in [6, 6.07) is 11.1. The molecule has 0 radical (unpaired) electrons. The third-order valence-electron chi connectivity index (χ3n) is 7.63. The fraction of sp³-hybridized carbons (Fsp3) is 0.414. The summed E-state index contributed by atoms with van der Waals surface area (Å²) in [6.07, 6.45) is 10.7. The topological polar surface area (TPSA) is 124 Å². The van der Waals surface area contributed by atoms with Crippen LogP contribution in [-0.2, 0) is 0 Å². The van der Waals surface area contributed by atoms with E-state index < -0.39 is 0 Å². The number of nitrogen functional groups attached to an aromatic ring is 1. The number of piperidine rings is 1. The third-order valence-corrected chi connectivity index (χ3v) is 7.63. The quantitative estimate of drug-likeness (QED) is 0.544. The van der Waals surface area contributed by atoms with Gasteiger partial charge in [0.25, 0.3) is 11.8 Å². The molecule has 10 nitrogen and oxygen atoms in total. The van der Waals surface area contributed by atoms with Crippen LogP contribution in [-0.4, -0.2) is 76.0 Å². The molecule has 3 aromatic rings. The Balaban J connectivity index is 1.38. The molecular weight excluding hydrogens is 496 g/mol. The Morgan fingerprint density at radius 1 is 0.974 bits per heavy atom. The standard InChI is InChI=1S/C29H34N6O4/c30-26-25(32-13-14-33-26)28(37)34-15-4-3-9-29(21-39-22-6-5-12-31-20-22)10-16-35(17-11-29)27(36)23-7-1-2-8-24(23)38-19-18-34/h1-2,5-8,12-14,20H,3-4,9-11,15-19,21H2,(H2,30,33). The molecule has 10 heteroatoms. The van der Waals surface area contributed by atoms with Crippen LogP contribution in [0.2, 0.25) is 0 Å². The lowest BCUT2D eigenvalue weighted by Crippen LogP contribution is -2.45. The molecule has 6 rings (SSSR count). The Hall–Kier alpha value is -4.21. The Morgan fingerprint density at radius 2 is 1.79 bits per heavy atom. The first-order valence-corrected chi connectivity index (χ1v) is 13.4. The predicted octanol–water partition coefficient (Wildman–Crippen LogP) is 3.46. The van der Waals surface area contributed by atoms with E-state index in [2.05, 4.69) is 15.0 Å². The normalized spacial score (nSPS) is 17.9. The number of amides is 2. The first kappa shape index (κ1) is 26.4. The fourth-order valence-corrected chi connectivity index (χ4v) is 5.31. The SMILES string of the molecule is Nc1nccnc1C(=O)N1CCCCC2(COc3cccnc3)CCN(CC2)C(=O)c2ccccc2OCC1. The number of nitrogens with two attached hydrogens (primary N) is 1. The summed E-state index contributed by atoms with van der Waals surface area (Å²) in [5.41, 5.74) is 6.55. The van der Waals surface area contributed by atoms with Gasteiger partial charge in [0, 0.05) is 43.6 Å². The molecule has 0 aliphatic carbocycles. The van der Waals surface area contributed by atoms with Gasteiger partial charge in [-0.2, -0.15) is 0 Å². The van der Waals surface area contributed by atoms with Gasteiger partial charge in [-0.3, -0.25) is 14.6 Å². The third kappa shape index (κ3) is 6.27. The second kappa shape index (κ2) is 12.1. The smallest absolute Gasteiger partial charge is 0.276 e. The van der Waals surface area contributed by atoms with E-state index in [1.165, 1.54) is 12.4 Å². The van der Waals surface area contributed by atoms with Crippen molar-refractivity contribution in [3.05, 3.63) is 72.4 Å². The van der Waals surface area contributed by atoms with Gasteiger partial charge in [-0.15, -0.1) is 0 Å². The lowest BCUT2D eigenvalue weighted by atomic mass is 9.75. The van der Waals surface area contributed by atoms with Gasteiger partial charge < -0.3 is 25.0 Å². The minimum atomic E-state index is -0.278. The molecule has 0 spiro atoms. The molecule has 3 aliphatic heterocycles. The summed E-state index contributed by atoms with van der Waals surface area (Å²) in [4.78, 5) is 42.9. The van der Waals surface area contributed by atoms with Crippen molar-refractivity contribution in [2.45, 2.75) is 32.1 Å². The van der Waals surface area contributed by atoms with Crippen LogP contribution in [0.25, 0.3) is 0 Å². The van der Waals surface area contributed by atoms with E-state index >= 15 is 0 Å². The van der Waals surface area contributed by atoms with E-state index in [1.807, 2.05) is 29.2 Å². The minimum absolute atomic E-state index is 0.0393. The summed E-state index contributed by atoms with van der Waals surface area (Å²) >= 11 is 0. The van der Waals surface area contributed by atoms with E-state index in [0.717, 1.165) is 37.9 Å². The van der Waals surface area contributed by atoms with Gasteiger partial charge in [-0.1, -0.05) is 18.6 Å². The van der Waals surface area contributed by atoms with Crippen LogP contribution in [0, 0.1) is 5.41 Å². The maximum absolute atomic E-state index is 13.5. The monoisotopic (exact) mass is 530 g/mol. The van der Waals surface area contributed by atoms with E-state index in [1.54, 1.807) is 29.4 Å². The molecule has 2 bridgehead atoms. The molecule has 1 fully saturated rings. The maximum atomic E-state index is 13.5. The average molecular weight is 531 g/mol. The second-order valence-electron chi connectivity index (χ2n) is 10.2. The van der Waals surface area contributed by atoms with E-state index in [0.29, 0.717) is 44.1 Å². The number of anilines is 1. The zero-order valence-electron chi connectivity index (χ0n) is 22.0. The van der Waals surface area contributed by atoms with Gasteiger partial charge in [0.05, 0.1) is 24.9 Å². The van der Waals surface area contributed by atoms with Gasteiger partial charge >= 0.3 is 0 Å². The van der Waals surface area contributed by atoms with E-state index in [-0.39, 0.29) is 35.3 Å². The molecule has 0 saturated carbocycles. The maximum Gasteiger partial charge on any atom is 0.276 e. The van der Waals surface area contributed by atoms with E-state index in [4.69, 9.17) is 15.2 Å². The molecule has 0 atom stereocenters. The summed E-state index contributed by atoms with van der Waals surface area (Å²) in [6.45, 7) is 2.96. The fourth-order valence-electron chi connectivity index (χ4n) is 5.31. The highest BCUT2D eigenvalue weighted by Crippen LogP contribution is 2.38. The average Bonchev–Trinajstić information content (AvgIpc) is 2.98. The van der Waals surface area contributed by atoms with Crippen molar-refractivity contribution in [2.24, 2.45) is 5.41 Å². The number of pyridine rings is 1. The van der Waals surface area contributed by atoms with Gasteiger partial charge in [-0.05, 0) is 49.9 Å². The number of carbonyl (C=O) groups is 2. The van der Waals surface area contributed by atoms with Crippen LogP contribution >= 0.6 is 0 Å². The molecule has 2 aromatic heterocycles. The molecule has 39 heavy (non-hydrogen) atoms. The second-order valence-corrected chi connectivity index (χ2v) is 10.2. The number of rotatable bonds is 4. The Labute approximate surface area is 228 Å². The van der Waals surface area contributed by atoms with Crippen LogP contribution < -0.4 is 15.2 Å². The van der Waals surface area contributed by atoms with Gasteiger partial charge in [0.15, 0.2) is 11.5 Å². The van der Waals surface area contributed by atoms with Crippen molar-refractivity contribution < 1.29 is 19.1 Å². The number of benzene rings is 1. The number of fused-ring (bicyclic) bond motifs is 9. The van der Waals surface area contributed by atoms with Gasteiger partial charge in [0.2, 0.25) is 0 Å². The minimum Gasteiger partial charge on any atom is -0.491 e. The number of nitrogens with zero attached hydrogens (tertiary/aromatic N) is 5. The van der Waals surface area contributed by atoms with Crippen molar-refractivity contribution in [3.63, 3.8) is 0 Å². The van der Waals surface area contributed by atoms with Crippen molar-refractivity contribution in [1.29, 1.82) is 0 Å². The van der Waals surface area contributed by atoms with Gasteiger partial charge in [0.1, 0.15) is 18.1 Å². The Kier molecular flexibility index (Phi) is 8.19. The van der Waals surface area contributed by atoms with Crippen LogP contribution in [0.4, 0.5) is 5.82 Å². The number of carbonyl (C=O) groups excluding carboxylic acids is 2. The van der Waals surface area contributed by atoms with Crippen molar-refractivity contribution in [2.75, 3.05) is 45.1 Å². The molecule has 2 N–H and O–H groups in total. The number of hydrogen-bond donors (Lipinski definition) is 1. The first-order chi connectivity index (χ1) is 19.0. The molecule has 2 amide bonds. The molecule has 1 aromatic carbocycles. The van der Waals surface area contributed by atoms with Crippen LogP contribution in [0.3, 0.4) is 0 Å². The van der Waals surface area contributed by atoms with Crippen LogP contribution in [0.1, 0.15) is 53.0 Å². The summed E-state index contributed by atoms with van der Waals surface area (Å²) < 4.78 is 12.2. The van der Waals surface area contributed by atoms with Gasteiger partial charge in [-0.25, -0.2) is 9.97 Å². The first-order valence-electron chi connectivity index (χ1n) is 13.4. The molecule has 204 valence electrons. The highest BCUT2D eigenvalue weighted by Gasteiger charge is 2.37. The summed E-state index contributed by atoms with van der Waals surface area (Å²) in [5, 5.41) is 0. The zero-order chi connectivity index (χ0) is 27.1. The summed E-state index contributed by atoms with van der Waals surface area (Å²) in [5.74, 6) is 1.04. The lowest BCUT2D eigenvalue weighted by Gasteiger charge is -2.42. The van der Waals surface area contributed by atoms with Crippen LogP contribution in [0.15, 0.2) is 61.2 Å². The van der Waals surface area contributed by atoms with Crippen LogP contribution in [0.5, 0.6) is 11.5 Å². The zero-order valence-corrected chi connectivity index (χ0v) is 22.0. The Morgan fingerprint density at radius 3 is 2.59 bits per heavy atom. The number of aromatic nitrogens is 3. The molecule has 3 aliphatic rings. The number of para-hydroxylation sites is 1. The lowest BCUT2D eigenvalue weighted by molar-refractivity contribution is 0.0358. The van der Waals surface area contributed by atoms with Crippen molar-refractivity contribution >= 4 is 17.6 Å². The van der Waals surface area contributed by atoms with E-state index in [9.17, 15) is 9.59 Å². The summed E-state index contributed by atoms with van der Waals surface area (Å²) in [7, 11) is 0. The van der Waals surface area contributed by atoms with Crippen molar-refractivity contribution in [3.8, 4) is 11.5 Å². The largest absolute Gasteiger partial charge is 0.491 e. The molecular formula is C29H34N6O4. The highest BCUT2D eigenvalue weighted by atomic mass is 16.5. The number of hydrogen-bond acceptors (Lipinski definition) is 8. The number of ether oxygens (including phenoxy) is 2. The predicted molar refractivity (Wildman–Crippen MR) is 145 cm³/mol. The molecule has 0 unspecified atom stereocenters. The molecule has 1 saturated heterocycles.